The average Bonchev–Trinajstić information content (AvgIpc) is 2.88. The van der Waals surface area contributed by atoms with Crippen molar-refractivity contribution in [3.63, 3.8) is 0 Å². The second-order valence-electron chi connectivity index (χ2n) is 8.23. The Morgan fingerprint density at radius 1 is 1.09 bits per heavy atom. The summed E-state index contributed by atoms with van der Waals surface area (Å²) in [5.41, 5.74) is 3.48. The number of carbonyl (C=O) groups is 1. The highest BCUT2D eigenvalue weighted by Gasteiger charge is 2.11. The molecular formula is C28H30N2O5. The van der Waals surface area contributed by atoms with Gasteiger partial charge in [0.2, 0.25) is 5.91 Å². The van der Waals surface area contributed by atoms with Gasteiger partial charge in [-0.2, -0.15) is 0 Å². The Morgan fingerprint density at radius 2 is 1.86 bits per heavy atom. The summed E-state index contributed by atoms with van der Waals surface area (Å²) in [5.74, 6) is 0.898. The van der Waals surface area contributed by atoms with Crippen LogP contribution in [0.15, 0.2) is 72.8 Å². The Hall–Kier alpha value is -3.81. The molecule has 7 heteroatoms. The van der Waals surface area contributed by atoms with Crippen molar-refractivity contribution in [3.8, 4) is 17.2 Å². The number of ether oxygens (including phenoxy) is 3. The fourth-order valence-corrected chi connectivity index (χ4v) is 3.79. The van der Waals surface area contributed by atoms with Gasteiger partial charge in [0, 0.05) is 37.0 Å². The number of anilines is 1. The minimum absolute atomic E-state index is 0.0201. The molecule has 182 valence electrons. The summed E-state index contributed by atoms with van der Waals surface area (Å²) < 4.78 is 16.4. The summed E-state index contributed by atoms with van der Waals surface area (Å²) in [6.45, 7) is 4.73. The summed E-state index contributed by atoms with van der Waals surface area (Å²) in [5, 5.41) is 12.8. The van der Waals surface area contributed by atoms with E-state index in [2.05, 4.69) is 22.3 Å². The van der Waals surface area contributed by atoms with E-state index in [1.165, 1.54) is 24.8 Å². The van der Waals surface area contributed by atoms with E-state index in [1.807, 2.05) is 36.4 Å². The molecule has 1 aliphatic rings. The molecule has 1 heterocycles. The van der Waals surface area contributed by atoms with Crippen molar-refractivity contribution in [2.75, 3.05) is 38.7 Å². The molecule has 4 rings (SSSR count). The number of hydrogen-bond acceptors (Lipinski definition) is 6. The van der Waals surface area contributed by atoms with Crippen molar-refractivity contribution in [2.24, 2.45) is 0 Å². The van der Waals surface area contributed by atoms with Crippen molar-refractivity contribution >= 4 is 17.7 Å². The first-order valence-electron chi connectivity index (χ1n) is 11.6. The lowest BCUT2D eigenvalue weighted by Gasteiger charge is -2.26. The molecule has 1 saturated heterocycles. The van der Waals surface area contributed by atoms with Gasteiger partial charge in [0.1, 0.15) is 12.4 Å². The molecule has 35 heavy (non-hydrogen) atoms. The van der Waals surface area contributed by atoms with Crippen LogP contribution in [0.2, 0.25) is 0 Å². The van der Waals surface area contributed by atoms with Gasteiger partial charge in [-0.1, -0.05) is 36.4 Å². The van der Waals surface area contributed by atoms with Crippen LogP contribution < -0.4 is 14.8 Å². The quantitative estimate of drug-likeness (QED) is 0.446. The van der Waals surface area contributed by atoms with Crippen LogP contribution in [0.1, 0.15) is 16.7 Å². The predicted molar refractivity (Wildman–Crippen MR) is 136 cm³/mol. The smallest absolute Gasteiger partial charge is 0.248 e. The molecule has 0 aromatic heterocycles. The maximum atomic E-state index is 12.5. The van der Waals surface area contributed by atoms with Gasteiger partial charge in [-0.3, -0.25) is 9.69 Å². The molecule has 0 spiro atoms. The molecule has 1 amide bonds. The Labute approximate surface area is 205 Å². The van der Waals surface area contributed by atoms with E-state index in [0.717, 1.165) is 44.2 Å². The number of amides is 1. The number of methoxy groups -OCH3 is 1. The maximum absolute atomic E-state index is 12.5. The molecule has 0 radical (unpaired) electrons. The molecular weight excluding hydrogens is 444 g/mol. The summed E-state index contributed by atoms with van der Waals surface area (Å²) >= 11 is 0. The number of para-hydroxylation sites is 1. The number of hydrogen-bond donors (Lipinski definition) is 2. The number of morpholine rings is 1. The molecule has 3 aromatic carbocycles. The standard InChI is InChI=1S/C28H30N2O5/c1-33-27-12-8-21(18-26(27)31)9-13-28(32)29-25-5-3-2-4-23(25)20-35-24-10-6-22(7-11-24)19-30-14-16-34-17-15-30/h2-13,18,31H,14-17,19-20H2,1H3,(H,29,32)/b13-9+. The number of carbonyl (C=O) groups excluding carboxylic acids is 1. The molecule has 0 saturated carbocycles. The Kier molecular flexibility index (Phi) is 8.38. The lowest BCUT2D eigenvalue weighted by atomic mass is 10.1. The molecule has 7 nitrogen and oxygen atoms in total. The van der Waals surface area contributed by atoms with E-state index in [9.17, 15) is 9.90 Å². The molecule has 1 fully saturated rings. The molecule has 0 unspecified atom stereocenters. The normalized spacial score (nSPS) is 14.1. The molecule has 0 bridgehead atoms. The monoisotopic (exact) mass is 474 g/mol. The number of benzene rings is 3. The van der Waals surface area contributed by atoms with Crippen LogP contribution >= 0.6 is 0 Å². The highest BCUT2D eigenvalue weighted by molar-refractivity contribution is 6.02. The Bertz CT molecular complexity index is 1150. The zero-order valence-electron chi connectivity index (χ0n) is 19.8. The second-order valence-corrected chi connectivity index (χ2v) is 8.23. The third-order valence-corrected chi connectivity index (χ3v) is 5.73. The average molecular weight is 475 g/mol. The van der Waals surface area contributed by atoms with Crippen LogP contribution in [0.5, 0.6) is 17.2 Å². The minimum Gasteiger partial charge on any atom is -0.504 e. The Balaban J connectivity index is 1.32. The predicted octanol–water partition coefficient (Wildman–Crippen LogP) is 4.46. The van der Waals surface area contributed by atoms with Crippen LogP contribution in [-0.4, -0.2) is 49.3 Å². The van der Waals surface area contributed by atoms with Crippen LogP contribution in [0.3, 0.4) is 0 Å². The number of nitrogens with one attached hydrogen (secondary N) is 1. The second kappa shape index (κ2) is 12.1. The van der Waals surface area contributed by atoms with Gasteiger partial charge in [-0.15, -0.1) is 0 Å². The summed E-state index contributed by atoms with van der Waals surface area (Å²) in [6, 6.07) is 20.6. The first-order valence-corrected chi connectivity index (χ1v) is 11.6. The molecule has 2 N–H and O–H groups in total. The van der Waals surface area contributed by atoms with Gasteiger partial charge in [0.15, 0.2) is 11.5 Å². The van der Waals surface area contributed by atoms with Crippen molar-refractivity contribution < 1.29 is 24.1 Å². The number of nitrogens with zero attached hydrogens (tertiary/aromatic N) is 1. The number of rotatable bonds is 9. The van der Waals surface area contributed by atoms with Gasteiger partial charge in [0.25, 0.3) is 0 Å². The first-order chi connectivity index (χ1) is 17.1. The lowest BCUT2D eigenvalue weighted by Crippen LogP contribution is -2.35. The lowest BCUT2D eigenvalue weighted by molar-refractivity contribution is -0.111. The van der Waals surface area contributed by atoms with Crippen LogP contribution in [0.25, 0.3) is 6.08 Å². The zero-order chi connectivity index (χ0) is 24.5. The van der Waals surface area contributed by atoms with Crippen molar-refractivity contribution in [2.45, 2.75) is 13.2 Å². The number of phenolic OH excluding ortho intramolecular Hbond substituents is 1. The van der Waals surface area contributed by atoms with Crippen LogP contribution in [0, 0.1) is 0 Å². The molecule has 3 aromatic rings. The Morgan fingerprint density at radius 3 is 2.60 bits per heavy atom. The summed E-state index contributed by atoms with van der Waals surface area (Å²) in [6.07, 6.45) is 3.05. The number of aromatic hydroxyl groups is 1. The topological polar surface area (TPSA) is 80.3 Å². The van der Waals surface area contributed by atoms with E-state index >= 15 is 0 Å². The van der Waals surface area contributed by atoms with Gasteiger partial charge in [-0.05, 0) is 47.5 Å². The zero-order valence-corrected chi connectivity index (χ0v) is 19.8. The van der Waals surface area contributed by atoms with Gasteiger partial charge in [0.05, 0.1) is 20.3 Å². The van der Waals surface area contributed by atoms with E-state index in [-0.39, 0.29) is 11.7 Å². The maximum Gasteiger partial charge on any atom is 0.248 e. The third-order valence-electron chi connectivity index (χ3n) is 5.73. The van der Waals surface area contributed by atoms with Crippen molar-refractivity contribution in [1.29, 1.82) is 0 Å². The van der Waals surface area contributed by atoms with E-state index in [4.69, 9.17) is 14.2 Å². The van der Waals surface area contributed by atoms with Crippen molar-refractivity contribution in [1.82, 2.24) is 4.90 Å². The van der Waals surface area contributed by atoms with Gasteiger partial charge < -0.3 is 24.6 Å². The fourth-order valence-electron chi connectivity index (χ4n) is 3.79. The first kappa shape index (κ1) is 24.3. The third kappa shape index (κ3) is 7.09. The highest BCUT2D eigenvalue weighted by Crippen LogP contribution is 2.26. The van der Waals surface area contributed by atoms with E-state index in [1.54, 1.807) is 18.2 Å². The molecule has 0 aliphatic carbocycles. The van der Waals surface area contributed by atoms with E-state index in [0.29, 0.717) is 23.6 Å². The highest BCUT2D eigenvalue weighted by atomic mass is 16.5. The van der Waals surface area contributed by atoms with Gasteiger partial charge >= 0.3 is 0 Å². The SMILES string of the molecule is COc1ccc(/C=C/C(=O)Nc2ccccc2COc2ccc(CN3CCOCC3)cc2)cc1O. The van der Waals surface area contributed by atoms with Crippen molar-refractivity contribution in [3.05, 3.63) is 89.5 Å². The van der Waals surface area contributed by atoms with E-state index < -0.39 is 0 Å². The van der Waals surface area contributed by atoms with Gasteiger partial charge in [-0.25, -0.2) is 0 Å². The summed E-state index contributed by atoms with van der Waals surface area (Å²) in [4.78, 5) is 14.9. The number of phenols is 1. The molecule has 0 atom stereocenters. The van der Waals surface area contributed by atoms with Crippen LogP contribution in [0.4, 0.5) is 5.69 Å². The fraction of sp³-hybridized carbons (Fsp3) is 0.250. The van der Waals surface area contributed by atoms with Crippen LogP contribution in [-0.2, 0) is 22.7 Å². The summed E-state index contributed by atoms with van der Waals surface area (Å²) in [7, 11) is 1.49. The largest absolute Gasteiger partial charge is 0.504 e. The molecule has 1 aliphatic heterocycles. The minimum atomic E-state index is -0.278.